The number of nitrogens with one attached hydrogen (secondary N) is 2. The maximum Gasteiger partial charge on any atom is 0.191 e. The lowest BCUT2D eigenvalue weighted by molar-refractivity contribution is 0.413. The van der Waals surface area contributed by atoms with Crippen molar-refractivity contribution in [2.24, 2.45) is 4.99 Å². The zero-order valence-corrected chi connectivity index (χ0v) is 16.4. The van der Waals surface area contributed by atoms with E-state index in [2.05, 4.69) is 23.6 Å². The molecule has 6 heteroatoms. The summed E-state index contributed by atoms with van der Waals surface area (Å²) in [4.78, 5) is 4.71. The molecule has 0 saturated heterocycles. The van der Waals surface area contributed by atoms with Gasteiger partial charge >= 0.3 is 0 Å². The van der Waals surface area contributed by atoms with E-state index in [9.17, 15) is 4.21 Å². The highest BCUT2D eigenvalue weighted by atomic mass is 32.2. The molecule has 1 aromatic carbocycles. The molecule has 0 bridgehead atoms. The van der Waals surface area contributed by atoms with Crippen molar-refractivity contribution in [1.82, 2.24) is 10.6 Å². The third-order valence-corrected chi connectivity index (χ3v) is 6.26. The number of guanidine groups is 1. The first-order valence-electron chi connectivity index (χ1n) is 9.21. The predicted octanol–water partition coefficient (Wildman–Crippen LogP) is 2.83. The van der Waals surface area contributed by atoms with Crippen LogP contribution in [0.4, 0.5) is 0 Å². The smallest absolute Gasteiger partial charge is 0.191 e. The molecule has 3 atom stereocenters. The Kier molecular flexibility index (Phi) is 8.25. The molecule has 0 heterocycles. The van der Waals surface area contributed by atoms with E-state index in [1.807, 2.05) is 25.1 Å². The molecule has 0 radical (unpaired) electrons. The monoisotopic (exact) mass is 365 g/mol. The Morgan fingerprint density at radius 2 is 2.20 bits per heavy atom. The van der Waals surface area contributed by atoms with Gasteiger partial charge in [-0.1, -0.05) is 25.5 Å². The fourth-order valence-corrected chi connectivity index (χ4v) is 4.55. The Morgan fingerprint density at radius 1 is 1.36 bits per heavy atom. The number of rotatable bonds is 7. The minimum absolute atomic E-state index is 0.317. The van der Waals surface area contributed by atoms with E-state index < -0.39 is 10.8 Å². The average molecular weight is 366 g/mol. The molecule has 140 valence electrons. The van der Waals surface area contributed by atoms with E-state index in [1.54, 1.807) is 7.11 Å². The molecule has 0 spiro atoms. The van der Waals surface area contributed by atoms with Crippen molar-refractivity contribution in [3.63, 3.8) is 0 Å². The molecule has 2 N–H and O–H groups in total. The topological polar surface area (TPSA) is 62.7 Å². The minimum Gasteiger partial charge on any atom is -0.497 e. The molecular formula is C19H31N3O2S. The van der Waals surface area contributed by atoms with Gasteiger partial charge in [-0.05, 0) is 43.9 Å². The molecular weight excluding hydrogens is 334 g/mol. The molecule has 3 unspecified atom stereocenters. The van der Waals surface area contributed by atoms with Crippen molar-refractivity contribution in [3.05, 3.63) is 29.8 Å². The van der Waals surface area contributed by atoms with Crippen molar-refractivity contribution >= 4 is 16.8 Å². The third-order valence-electron chi connectivity index (χ3n) is 4.52. The van der Waals surface area contributed by atoms with Gasteiger partial charge in [-0.3, -0.25) is 4.21 Å². The summed E-state index contributed by atoms with van der Waals surface area (Å²) in [6.07, 6.45) is 4.28. The lowest BCUT2D eigenvalue weighted by Gasteiger charge is -2.30. The van der Waals surface area contributed by atoms with Gasteiger partial charge in [0.25, 0.3) is 0 Å². The molecule has 0 amide bonds. The van der Waals surface area contributed by atoms with Crippen LogP contribution in [0.2, 0.25) is 0 Å². The van der Waals surface area contributed by atoms with Crippen LogP contribution in [0.3, 0.4) is 0 Å². The number of methoxy groups -OCH3 is 1. The molecule has 5 nitrogen and oxygen atoms in total. The van der Waals surface area contributed by atoms with Gasteiger partial charge in [-0.25, -0.2) is 4.99 Å². The zero-order chi connectivity index (χ0) is 18.1. The van der Waals surface area contributed by atoms with E-state index >= 15 is 0 Å². The summed E-state index contributed by atoms with van der Waals surface area (Å²) in [6.45, 7) is 5.50. The molecule has 1 aromatic rings. The second-order valence-electron chi connectivity index (χ2n) is 6.35. The highest BCUT2D eigenvalue weighted by Crippen LogP contribution is 2.23. The van der Waals surface area contributed by atoms with Crippen molar-refractivity contribution in [1.29, 1.82) is 0 Å². The Labute approximate surface area is 154 Å². The lowest BCUT2D eigenvalue weighted by atomic mass is 9.95. The summed E-state index contributed by atoms with van der Waals surface area (Å²) in [7, 11) is 0.970. The fraction of sp³-hybridized carbons (Fsp3) is 0.632. The van der Waals surface area contributed by atoms with Gasteiger partial charge in [0.15, 0.2) is 5.96 Å². The van der Waals surface area contributed by atoms with Gasteiger partial charge in [0.2, 0.25) is 0 Å². The van der Waals surface area contributed by atoms with Crippen LogP contribution in [0, 0.1) is 0 Å². The molecule has 2 rings (SSSR count). The third kappa shape index (κ3) is 6.34. The first kappa shape index (κ1) is 19.8. The van der Waals surface area contributed by atoms with Crippen LogP contribution in [-0.2, 0) is 17.3 Å². The number of hydrogen-bond donors (Lipinski definition) is 2. The predicted molar refractivity (Wildman–Crippen MR) is 106 cm³/mol. The number of nitrogens with zero attached hydrogens (tertiary/aromatic N) is 1. The summed E-state index contributed by atoms with van der Waals surface area (Å²) >= 11 is 0. The Balaban J connectivity index is 1.98. The largest absolute Gasteiger partial charge is 0.497 e. The second-order valence-corrected chi connectivity index (χ2v) is 8.35. The highest BCUT2D eigenvalue weighted by Gasteiger charge is 2.25. The number of aliphatic imine (C=N–C) groups is 1. The van der Waals surface area contributed by atoms with Crippen LogP contribution >= 0.6 is 0 Å². The molecule has 25 heavy (non-hydrogen) atoms. The van der Waals surface area contributed by atoms with Crippen LogP contribution in [-0.4, -0.2) is 40.9 Å². The van der Waals surface area contributed by atoms with Crippen molar-refractivity contribution in [2.75, 3.05) is 19.4 Å². The quantitative estimate of drug-likeness (QED) is 0.576. The van der Waals surface area contributed by atoms with Gasteiger partial charge in [-0.15, -0.1) is 0 Å². The number of hydrogen-bond acceptors (Lipinski definition) is 3. The normalized spacial score (nSPS) is 22.3. The van der Waals surface area contributed by atoms with Crippen LogP contribution in [0.15, 0.2) is 29.3 Å². The van der Waals surface area contributed by atoms with Crippen molar-refractivity contribution < 1.29 is 8.95 Å². The zero-order valence-electron chi connectivity index (χ0n) is 15.6. The minimum atomic E-state index is -0.704. The summed E-state index contributed by atoms with van der Waals surface area (Å²) < 4.78 is 17.4. The van der Waals surface area contributed by atoms with Crippen molar-refractivity contribution in [2.45, 2.75) is 57.4 Å². The Bertz CT molecular complexity index is 592. The van der Waals surface area contributed by atoms with Gasteiger partial charge in [-0.2, -0.15) is 0 Å². The summed E-state index contributed by atoms with van der Waals surface area (Å²) in [5.41, 5.74) is 1.12. The fourth-order valence-electron chi connectivity index (χ4n) is 3.21. The Hall–Kier alpha value is -1.56. The van der Waals surface area contributed by atoms with Crippen LogP contribution in [0.25, 0.3) is 0 Å². The molecule has 1 saturated carbocycles. The number of ether oxygens (including phenoxy) is 1. The van der Waals surface area contributed by atoms with E-state index in [-0.39, 0.29) is 0 Å². The second kappa shape index (κ2) is 10.4. The van der Waals surface area contributed by atoms with Gasteiger partial charge in [0, 0.05) is 34.4 Å². The summed E-state index contributed by atoms with van der Waals surface area (Å²) in [5, 5.41) is 7.17. The van der Waals surface area contributed by atoms with Crippen LogP contribution in [0.5, 0.6) is 5.75 Å². The maximum atomic E-state index is 12.1. The Morgan fingerprint density at radius 3 is 2.92 bits per heavy atom. The van der Waals surface area contributed by atoms with Gasteiger partial charge in [0.1, 0.15) is 5.75 Å². The molecule has 1 fully saturated rings. The maximum absolute atomic E-state index is 12.1. The molecule has 1 aliphatic rings. The van der Waals surface area contributed by atoms with Gasteiger partial charge in [0.05, 0.1) is 13.7 Å². The van der Waals surface area contributed by atoms with Crippen LogP contribution in [0.1, 0.15) is 45.1 Å². The molecule has 0 aromatic heterocycles. The first-order chi connectivity index (χ1) is 12.2. The molecule has 0 aliphatic heterocycles. The molecule has 1 aliphatic carbocycles. The first-order valence-corrected chi connectivity index (χ1v) is 10.6. The van der Waals surface area contributed by atoms with Gasteiger partial charge < -0.3 is 15.4 Å². The van der Waals surface area contributed by atoms with Crippen LogP contribution < -0.4 is 15.4 Å². The number of benzene rings is 1. The van der Waals surface area contributed by atoms with E-state index in [1.165, 1.54) is 0 Å². The van der Waals surface area contributed by atoms with Crippen molar-refractivity contribution in [3.8, 4) is 5.75 Å². The van der Waals surface area contributed by atoms with E-state index in [0.717, 1.165) is 55.3 Å². The summed E-state index contributed by atoms with van der Waals surface area (Å²) in [5.74, 6) is 2.43. The summed E-state index contributed by atoms with van der Waals surface area (Å²) in [6, 6.07) is 8.32. The average Bonchev–Trinajstić information content (AvgIpc) is 2.66. The van der Waals surface area contributed by atoms with E-state index in [4.69, 9.17) is 9.73 Å². The SMILES string of the molecule is CCNC(=NCc1cccc(OC)c1)NC1CCCC(S(=O)CC)C1. The van der Waals surface area contributed by atoms with E-state index in [0.29, 0.717) is 17.8 Å². The lowest BCUT2D eigenvalue weighted by Crippen LogP contribution is -2.46. The standard InChI is InChI=1S/C19H31N3O2S/c1-4-20-19(21-14-15-8-6-10-17(12-15)24-3)22-16-9-7-11-18(13-16)25(23)5-2/h6,8,10,12,16,18H,4-5,7,9,11,13-14H2,1-3H3,(H2,20,21,22). The highest BCUT2D eigenvalue weighted by molar-refractivity contribution is 7.85.